The fourth-order valence-corrected chi connectivity index (χ4v) is 5.12. The number of aromatic amines is 1. The topological polar surface area (TPSA) is 99.8 Å². The Morgan fingerprint density at radius 1 is 1.12 bits per heavy atom. The third-order valence-corrected chi connectivity index (χ3v) is 7.32. The smallest absolute Gasteiger partial charge is 0.254 e. The first-order valence-electron chi connectivity index (χ1n) is 10.1. The van der Waals surface area contributed by atoms with Crippen molar-refractivity contribution in [2.24, 2.45) is 0 Å². The van der Waals surface area contributed by atoms with E-state index in [-0.39, 0.29) is 59.8 Å². The molecule has 8 nitrogen and oxygen atoms in total. The van der Waals surface area contributed by atoms with Crippen LogP contribution in [0.15, 0.2) is 52.2 Å². The fraction of sp³-hybridized carbons (Fsp3) is 0.273. The zero-order valence-corrected chi connectivity index (χ0v) is 18.5. The molecule has 1 amide bonds. The van der Waals surface area contributed by atoms with Gasteiger partial charge < -0.3 is 14.6 Å². The Morgan fingerprint density at radius 2 is 1.85 bits per heavy atom. The molecular weight excluding hydrogens is 456 g/mol. The number of morpholine rings is 1. The summed E-state index contributed by atoms with van der Waals surface area (Å²) in [6, 6.07) is 8.26. The number of nitrogens with one attached hydrogen (secondary N) is 1. The van der Waals surface area contributed by atoms with Crippen molar-refractivity contribution in [2.75, 3.05) is 33.4 Å². The number of fused-ring (bicyclic) bond motifs is 1. The van der Waals surface area contributed by atoms with Gasteiger partial charge >= 0.3 is 0 Å². The molecule has 0 bridgehead atoms. The molecule has 2 heterocycles. The van der Waals surface area contributed by atoms with Crippen molar-refractivity contribution in [3.63, 3.8) is 0 Å². The Bertz CT molecular complexity index is 1380. The van der Waals surface area contributed by atoms with E-state index in [1.807, 2.05) is 0 Å². The minimum absolute atomic E-state index is 0.0229. The largest absolute Gasteiger partial charge is 0.379 e. The van der Waals surface area contributed by atoms with Crippen LogP contribution in [0.25, 0.3) is 10.9 Å². The third kappa shape index (κ3) is 4.65. The lowest BCUT2D eigenvalue weighted by atomic mass is 10.1. The average molecular weight is 477 g/mol. The second kappa shape index (κ2) is 9.00. The van der Waals surface area contributed by atoms with Gasteiger partial charge in [0.05, 0.1) is 23.7 Å². The Balaban J connectivity index is 1.72. The lowest BCUT2D eigenvalue weighted by Crippen LogP contribution is -2.40. The monoisotopic (exact) mass is 477 g/mol. The summed E-state index contributed by atoms with van der Waals surface area (Å²) >= 11 is 0. The summed E-state index contributed by atoms with van der Waals surface area (Å²) < 4.78 is 59.8. The number of ether oxygens (including phenoxy) is 1. The van der Waals surface area contributed by atoms with Crippen LogP contribution in [0.1, 0.15) is 15.9 Å². The number of halogens is 2. The lowest BCUT2D eigenvalue weighted by Gasteiger charge is -2.26. The molecular formula is C22H21F2N3O5S. The van der Waals surface area contributed by atoms with Gasteiger partial charge in [-0.2, -0.15) is 4.31 Å². The molecule has 0 atom stereocenters. The second-order valence-electron chi connectivity index (χ2n) is 7.67. The van der Waals surface area contributed by atoms with Crippen LogP contribution in [0.4, 0.5) is 8.78 Å². The average Bonchev–Trinajstić information content (AvgIpc) is 2.80. The van der Waals surface area contributed by atoms with Gasteiger partial charge in [-0.1, -0.05) is 6.07 Å². The molecule has 1 aliphatic rings. The maximum atomic E-state index is 14.0. The molecule has 0 saturated carbocycles. The van der Waals surface area contributed by atoms with Crippen LogP contribution in [0.3, 0.4) is 0 Å². The van der Waals surface area contributed by atoms with Gasteiger partial charge in [0.25, 0.3) is 5.91 Å². The summed E-state index contributed by atoms with van der Waals surface area (Å²) in [5.74, 6) is -2.15. The number of hydrogen-bond acceptors (Lipinski definition) is 5. The number of hydrogen-bond donors (Lipinski definition) is 1. The van der Waals surface area contributed by atoms with E-state index in [0.717, 1.165) is 18.2 Å². The van der Waals surface area contributed by atoms with Crippen LogP contribution in [0.2, 0.25) is 0 Å². The van der Waals surface area contributed by atoms with Crippen molar-refractivity contribution in [2.45, 2.75) is 11.4 Å². The molecule has 0 radical (unpaired) electrons. The van der Waals surface area contributed by atoms with Gasteiger partial charge in [-0.05, 0) is 24.3 Å². The summed E-state index contributed by atoms with van der Waals surface area (Å²) in [5.41, 5.74) is -0.195. The molecule has 0 spiro atoms. The van der Waals surface area contributed by atoms with Gasteiger partial charge in [-0.25, -0.2) is 17.2 Å². The van der Waals surface area contributed by atoms with Gasteiger partial charge in [0.1, 0.15) is 11.6 Å². The van der Waals surface area contributed by atoms with E-state index >= 15 is 0 Å². The molecule has 4 rings (SSSR count). The zero-order chi connectivity index (χ0) is 23.8. The number of rotatable bonds is 5. The molecule has 33 heavy (non-hydrogen) atoms. The minimum Gasteiger partial charge on any atom is -0.379 e. The highest BCUT2D eigenvalue weighted by Crippen LogP contribution is 2.24. The molecule has 1 aromatic heterocycles. The number of amides is 1. The molecule has 1 N–H and O–H groups in total. The molecule has 1 fully saturated rings. The Hall–Kier alpha value is -3.15. The molecule has 11 heteroatoms. The number of H-pyrrole nitrogens is 1. The minimum atomic E-state index is -3.83. The SMILES string of the molecule is CN(Cc1ccc(F)cc1F)C(=O)c1cc(=O)[nH]c2ccc(S(=O)(=O)N3CCOCC3)cc12. The fourth-order valence-electron chi connectivity index (χ4n) is 3.69. The number of sulfonamides is 1. The first-order valence-corrected chi connectivity index (χ1v) is 11.6. The molecule has 0 unspecified atom stereocenters. The molecule has 1 saturated heterocycles. The summed E-state index contributed by atoms with van der Waals surface area (Å²) in [6.45, 7) is 0.821. The van der Waals surface area contributed by atoms with Gasteiger partial charge in [0, 0.05) is 55.3 Å². The second-order valence-corrected chi connectivity index (χ2v) is 9.61. The van der Waals surface area contributed by atoms with E-state index in [4.69, 9.17) is 4.74 Å². The third-order valence-electron chi connectivity index (χ3n) is 5.42. The van der Waals surface area contributed by atoms with Gasteiger partial charge in [-0.3, -0.25) is 9.59 Å². The zero-order valence-electron chi connectivity index (χ0n) is 17.7. The van der Waals surface area contributed by atoms with E-state index < -0.39 is 33.1 Å². The van der Waals surface area contributed by atoms with Crippen LogP contribution >= 0.6 is 0 Å². The van der Waals surface area contributed by atoms with Crippen LogP contribution in [-0.4, -0.2) is 61.9 Å². The van der Waals surface area contributed by atoms with Gasteiger partial charge in [-0.15, -0.1) is 0 Å². The number of nitrogens with zero attached hydrogens (tertiary/aromatic N) is 2. The van der Waals surface area contributed by atoms with E-state index in [9.17, 15) is 26.8 Å². The Labute approximate surface area is 188 Å². The summed E-state index contributed by atoms with van der Waals surface area (Å²) in [4.78, 5) is 29.0. The summed E-state index contributed by atoms with van der Waals surface area (Å²) in [7, 11) is -2.42. The number of benzene rings is 2. The number of aromatic nitrogens is 1. The van der Waals surface area contributed by atoms with Crippen molar-refractivity contribution in [1.29, 1.82) is 0 Å². The van der Waals surface area contributed by atoms with Gasteiger partial charge in [0.2, 0.25) is 15.6 Å². The van der Waals surface area contributed by atoms with Crippen LogP contribution in [0, 0.1) is 11.6 Å². The Kier molecular flexibility index (Phi) is 6.28. The van der Waals surface area contributed by atoms with Crippen molar-refractivity contribution >= 4 is 26.8 Å². The van der Waals surface area contributed by atoms with Crippen molar-refractivity contribution in [3.05, 3.63) is 75.6 Å². The molecule has 1 aliphatic heterocycles. The maximum Gasteiger partial charge on any atom is 0.254 e. The standard InChI is InChI=1S/C22H21F2N3O5S/c1-26(13-14-2-3-15(23)10-19(14)24)22(29)18-12-21(28)25-20-5-4-16(11-17(18)20)33(30,31)27-6-8-32-9-7-27/h2-5,10-12H,6-9,13H2,1H3,(H,25,28). The number of carbonyl (C=O) groups excluding carboxylic acids is 1. The first kappa shape index (κ1) is 23.0. The van der Waals surface area contributed by atoms with Crippen LogP contribution in [0.5, 0.6) is 0 Å². The van der Waals surface area contributed by atoms with E-state index in [1.54, 1.807) is 0 Å². The van der Waals surface area contributed by atoms with E-state index in [0.29, 0.717) is 0 Å². The molecule has 174 valence electrons. The van der Waals surface area contributed by atoms with Crippen molar-refractivity contribution in [3.8, 4) is 0 Å². The highest BCUT2D eigenvalue weighted by molar-refractivity contribution is 7.89. The Morgan fingerprint density at radius 3 is 2.55 bits per heavy atom. The molecule has 3 aromatic rings. The van der Waals surface area contributed by atoms with Crippen LogP contribution in [-0.2, 0) is 21.3 Å². The quantitative estimate of drug-likeness (QED) is 0.607. The van der Waals surface area contributed by atoms with Gasteiger partial charge in [0.15, 0.2) is 0 Å². The van der Waals surface area contributed by atoms with E-state index in [2.05, 4.69) is 4.98 Å². The molecule has 0 aliphatic carbocycles. The normalized spacial score (nSPS) is 15.0. The highest BCUT2D eigenvalue weighted by Gasteiger charge is 2.27. The highest BCUT2D eigenvalue weighted by atomic mass is 32.2. The van der Waals surface area contributed by atoms with Crippen molar-refractivity contribution < 1.29 is 26.7 Å². The molecule has 2 aromatic carbocycles. The van der Waals surface area contributed by atoms with Crippen LogP contribution < -0.4 is 5.56 Å². The first-order chi connectivity index (χ1) is 15.7. The predicted molar refractivity (Wildman–Crippen MR) is 116 cm³/mol. The lowest BCUT2D eigenvalue weighted by molar-refractivity contribution is 0.0730. The van der Waals surface area contributed by atoms with E-state index in [1.165, 1.54) is 40.5 Å². The summed E-state index contributed by atoms with van der Waals surface area (Å²) in [5, 5.41) is 0.236. The maximum absolute atomic E-state index is 14.0. The number of carbonyl (C=O) groups is 1. The summed E-state index contributed by atoms with van der Waals surface area (Å²) in [6.07, 6.45) is 0. The van der Waals surface area contributed by atoms with Crippen molar-refractivity contribution in [1.82, 2.24) is 14.2 Å². The predicted octanol–water partition coefficient (Wildman–Crippen LogP) is 2.10. The number of pyridine rings is 1.